The number of rotatable bonds is 56. The number of carbonyl (C=O) groups excluding carboxylic acids is 3. The minimum atomic E-state index is -4.78. The van der Waals surface area contributed by atoms with Crippen molar-refractivity contribution in [2.75, 3.05) is 26.4 Å². The molecule has 2 N–H and O–H groups in total. The zero-order valence-electron chi connectivity index (χ0n) is 49.3. The average molecular weight is 1110 g/mol. The molecule has 0 aromatic carbocycles. The standard InChI is InChI=1S/C66H111O11P/c1-4-7-10-13-16-19-22-25-28-30-31-33-36-39-42-45-48-51-54-57-66(70)77-63(59-73-64(68)55-52-49-46-43-40-37-35-32-29-26-23-20-17-14-11-8-5-2)61-75-78(71,72)74-60-62(58-67)76-65(69)56-53-50-47-44-41-38-34-27-24-21-18-15-12-9-6-3/h7,9-10,12,16,18-19,21,25,27-28,31,33-34,39,42,48,51,62-63,67H,4-6,8,11,13-15,17,20,22-24,26,29-30,32,35-38,40-41,43-47,49-50,52-61H2,1-3H3,(H,71,72)/b10-7-,12-9-,19-16-,21-18-,28-25-,33-31-,34-27-,42-39-,51-48-. The van der Waals surface area contributed by atoms with Gasteiger partial charge in [-0.2, -0.15) is 0 Å². The lowest BCUT2D eigenvalue weighted by Crippen LogP contribution is -2.30. The lowest BCUT2D eigenvalue weighted by atomic mass is 10.0. The van der Waals surface area contributed by atoms with E-state index in [4.69, 9.17) is 23.3 Å². The van der Waals surface area contributed by atoms with Gasteiger partial charge in [0.05, 0.1) is 19.8 Å². The molecule has 3 unspecified atom stereocenters. The van der Waals surface area contributed by atoms with Gasteiger partial charge in [-0.05, 0) is 89.9 Å². The zero-order chi connectivity index (χ0) is 56.9. The van der Waals surface area contributed by atoms with E-state index in [-0.39, 0.29) is 25.9 Å². The minimum absolute atomic E-state index is 0.0381. The maximum atomic E-state index is 12.9. The first kappa shape index (κ1) is 74.1. The van der Waals surface area contributed by atoms with Gasteiger partial charge in [-0.25, -0.2) is 4.57 Å². The van der Waals surface area contributed by atoms with E-state index in [0.29, 0.717) is 25.7 Å². The molecule has 0 amide bonds. The Hall–Kier alpha value is -3.86. The number of esters is 3. The topological polar surface area (TPSA) is 155 Å². The highest BCUT2D eigenvalue weighted by atomic mass is 31.2. The third-order valence-electron chi connectivity index (χ3n) is 12.7. The fourth-order valence-corrected chi connectivity index (χ4v) is 8.89. The van der Waals surface area contributed by atoms with E-state index < -0.39 is 57.8 Å². The second kappa shape index (κ2) is 59.3. The second-order valence-corrected chi connectivity index (χ2v) is 21.6. The number of hydrogen-bond donors (Lipinski definition) is 2. The first-order valence-electron chi connectivity index (χ1n) is 30.8. The van der Waals surface area contributed by atoms with Crippen molar-refractivity contribution in [2.24, 2.45) is 0 Å². The highest BCUT2D eigenvalue weighted by Gasteiger charge is 2.28. The predicted octanol–water partition coefficient (Wildman–Crippen LogP) is 18.6. The van der Waals surface area contributed by atoms with Gasteiger partial charge in [-0.1, -0.05) is 252 Å². The van der Waals surface area contributed by atoms with Gasteiger partial charge in [-0.15, -0.1) is 0 Å². The summed E-state index contributed by atoms with van der Waals surface area (Å²) in [6.45, 7) is 4.33. The molecule has 78 heavy (non-hydrogen) atoms. The molecular formula is C66H111O11P. The Morgan fingerprint density at radius 3 is 1.10 bits per heavy atom. The van der Waals surface area contributed by atoms with Crippen LogP contribution in [0.3, 0.4) is 0 Å². The van der Waals surface area contributed by atoms with Crippen LogP contribution in [0.1, 0.15) is 252 Å². The molecule has 0 spiro atoms. The van der Waals surface area contributed by atoms with Gasteiger partial charge < -0.3 is 24.2 Å². The first-order chi connectivity index (χ1) is 38.2. The molecule has 0 saturated heterocycles. The minimum Gasteiger partial charge on any atom is -0.462 e. The average Bonchev–Trinajstić information content (AvgIpc) is 3.43. The van der Waals surface area contributed by atoms with Crippen LogP contribution >= 0.6 is 7.82 Å². The van der Waals surface area contributed by atoms with Crippen LogP contribution in [-0.4, -0.2) is 66.5 Å². The van der Waals surface area contributed by atoms with Gasteiger partial charge in [0.2, 0.25) is 0 Å². The lowest BCUT2D eigenvalue weighted by molar-refractivity contribution is -0.161. The smallest absolute Gasteiger partial charge is 0.462 e. The SMILES string of the molecule is CC/C=C\C/C=C\C/C=C\C/C=C\C/C=C\C/C=C\CCC(=O)OC(COC(=O)CCCCCCCCCCCCCCCCCCC)COP(=O)(O)OCC(CO)OC(=O)CCCCCCC/C=C\C/C=C\C/C=C\CC. The summed E-state index contributed by atoms with van der Waals surface area (Å²) in [4.78, 5) is 48.6. The summed E-state index contributed by atoms with van der Waals surface area (Å²) >= 11 is 0. The molecule has 0 bridgehead atoms. The van der Waals surface area contributed by atoms with Crippen LogP contribution in [0.2, 0.25) is 0 Å². The molecule has 0 aliphatic rings. The van der Waals surface area contributed by atoms with Crippen molar-refractivity contribution in [2.45, 2.75) is 264 Å². The molecule has 0 radical (unpaired) electrons. The summed E-state index contributed by atoms with van der Waals surface area (Å²) in [5.41, 5.74) is 0. The first-order valence-corrected chi connectivity index (χ1v) is 32.3. The van der Waals surface area contributed by atoms with E-state index in [0.717, 1.165) is 103 Å². The van der Waals surface area contributed by atoms with E-state index in [2.05, 4.69) is 118 Å². The number of aliphatic hydroxyl groups excluding tert-OH is 1. The second-order valence-electron chi connectivity index (χ2n) is 20.1. The van der Waals surface area contributed by atoms with Crippen LogP contribution < -0.4 is 0 Å². The fraction of sp³-hybridized carbons (Fsp3) is 0.682. The van der Waals surface area contributed by atoms with Crippen molar-refractivity contribution in [1.29, 1.82) is 0 Å². The highest BCUT2D eigenvalue weighted by Crippen LogP contribution is 2.43. The normalized spacial score (nSPS) is 14.1. The van der Waals surface area contributed by atoms with Crippen molar-refractivity contribution in [3.8, 4) is 0 Å². The molecule has 0 aliphatic carbocycles. The number of ether oxygens (including phenoxy) is 3. The lowest BCUT2D eigenvalue weighted by Gasteiger charge is -2.21. The Balaban J connectivity index is 4.83. The van der Waals surface area contributed by atoms with Crippen LogP contribution in [0.5, 0.6) is 0 Å². The summed E-state index contributed by atoms with van der Waals surface area (Å²) in [6.07, 6.45) is 72.0. The van der Waals surface area contributed by atoms with E-state index in [1.807, 2.05) is 12.2 Å². The van der Waals surface area contributed by atoms with Crippen LogP contribution in [0, 0.1) is 0 Å². The fourth-order valence-electron chi connectivity index (χ4n) is 8.10. The molecule has 11 nitrogen and oxygen atoms in total. The molecule has 0 aromatic heterocycles. The Morgan fingerprint density at radius 2 is 0.692 bits per heavy atom. The summed E-state index contributed by atoms with van der Waals surface area (Å²) in [6, 6.07) is 0. The van der Waals surface area contributed by atoms with E-state index in [1.165, 1.54) is 83.5 Å². The Morgan fingerprint density at radius 1 is 0.372 bits per heavy atom. The van der Waals surface area contributed by atoms with Gasteiger partial charge in [0.25, 0.3) is 0 Å². The third-order valence-corrected chi connectivity index (χ3v) is 13.7. The molecule has 12 heteroatoms. The van der Waals surface area contributed by atoms with Crippen molar-refractivity contribution < 1.29 is 52.2 Å². The van der Waals surface area contributed by atoms with Gasteiger partial charge in [0.15, 0.2) is 6.10 Å². The van der Waals surface area contributed by atoms with Gasteiger partial charge in [0, 0.05) is 19.3 Å². The largest absolute Gasteiger partial charge is 0.472 e. The van der Waals surface area contributed by atoms with Crippen molar-refractivity contribution in [3.05, 3.63) is 109 Å². The maximum absolute atomic E-state index is 12.9. The molecule has 0 heterocycles. The van der Waals surface area contributed by atoms with E-state index >= 15 is 0 Å². The Bertz CT molecular complexity index is 1720. The zero-order valence-corrected chi connectivity index (χ0v) is 50.2. The molecule has 0 rings (SSSR count). The van der Waals surface area contributed by atoms with Crippen molar-refractivity contribution >= 4 is 25.7 Å². The van der Waals surface area contributed by atoms with Gasteiger partial charge in [-0.3, -0.25) is 23.4 Å². The summed E-state index contributed by atoms with van der Waals surface area (Å²) in [7, 11) is -4.78. The van der Waals surface area contributed by atoms with Crippen LogP contribution in [0.4, 0.5) is 0 Å². The van der Waals surface area contributed by atoms with Crippen LogP contribution in [0.25, 0.3) is 0 Å². The number of phosphoric ester groups is 1. The molecule has 0 aliphatic heterocycles. The van der Waals surface area contributed by atoms with Gasteiger partial charge in [0.1, 0.15) is 12.7 Å². The summed E-state index contributed by atoms with van der Waals surface area (Å²) in [5, 5.41) is 9.83. The van der Waals surface area contributed by atoms with Crippen molar-refractivity contribution in [3.63, 3.8) is 0 Å². The molecule has 3 atom stereocenters. The summed E-state index contributed by atoms with van der Waals surface area (Å²) < 4.78 is 39.5. The number of hydrogen-bond acceptors (Lipinski definition) is 10. The van der Waals surface area contributed by atoms with Crippen LogP contribution in [0.15, 0.2) is 109 Å². The molecular weight excluding hydrogens is 1000 g/mol. The Labute approximate surface area is 475 Å². The predicted molar refractivity (Wildman–Crippen MR) is 325 cm³/mol. The summed E-state index contributed by atoms with van der Waals surface area (Å²) in [5.74, 6) is -1.58. The number of phosphoric acid groups is 1. The molecule has 0 fully saturated rings. The molecule has 0 saturated carbocycles. The van der Waals surface area contributed by atoms with Crippen molar-refractivity contribution in [1.82, 2.24) is 0 Å². The van der Waals surface area contributed by atoms with Gasteiger partial charge >= 0.3 is 25.7 Å². The van der Waals surface area contributed by atoms with E-state index in [9.17, 15) is 28.9 Å². The molecule has 446 valence electrons. The molecule has 0 aromatic rings. The van der Waals surface area contributed by atoms with Crippen LogP contribution in [-0.2, 0) is 42.2 Å². The maximum Gasteiger partial charge on any atom is 0.472 e. The quantitative estimate of drug-likeness (QED) is 0.0197. The Kier molecular flexibility index (Phi) is 56.3. The third kappa shape index (κ3) is 56.8. The number of aliphatic hydroxyl groups is 1. The number of allylic oxidation sites excluding steroid dienone is 18. The highest BCUT2D eigenvalue weighted by molar-refractivity contribution is 7.47. The van der Waals surface area contributed by atoms with E-state index in [1.54, 1.807) is 0 Å². The number of unbranched alkanes of at least 4 members (excludes halogenated alkanes) is 21. The number of carbonyl (C=O) groups is 3. The monoisotopic (exact) mass is 1110 g/mol.